The molecule has 0 aliphatic carbocycles. The lowest BCUT2D eigenvalue weighted by Gasteiger charge is -2.09. The molecule has 0 saturated heterocycles. The topological polar surface area (TPSA) is 38.0 Å². The second-order valence-electron chi connectivity index (χ2n) is 3.35. The maximum absolute atomic E-state index is 12.3. The fraction of sp³-hybridized carbons (Fsp3) is 0.455. The van der Waals surface area contributed by atoms with E-state index in [2.05, 4.69) is 5.32 Å². The quantitative estimate of drug-likeness (QED) is 0.709. The molecule has 1 aromatic carbocycles. The van der Waals surface area contributed by atoms with Gasteiger partial charge in [0.15, 0.2) is 0 Å². The third kappa shape index (κ3) is 3.00. The minimum absolute atomic E-state index is 0.399. The van der Waals surface area contributed by atoms with Gasteiger partial charge in [-0.25, -0.2) is 4.39 Å². The number of benzene rings is 1. The van der Waals surface area contributed by atoms with Crippen LogP contribution in [0.3, 0.4) is 0 Å². The van der Waals surface area contributed by atoms with Gasteiger partial charge in [0.2, 0.25) is 0 Å². The van der Waals surface area contributed by atoms with E-state index < -0.39 is 6.67 Å². The van der Waals surface area contributed by atoms with Crippen LogP contribution in [0.1, 0.15) is 17.5 Å². The zero-order valence-corrected chi connectivity index (χ0v) is 8.52. The fourth-order valence-corrected chi connectivity index (χ4v) is 1.33. The van der Waals surface area contributed by atoms with Crippen molar-refractivity contribution in [1.82, 2.24) is 0 Å². The van der Waals surface area contributed by atoms with Gasteiger partial charge in [-0.3, -0.25) is 0 Å². The van der Waals surface area contributed by atoms with Crippen molar-refractivity contribution >= 4 is 5.69 Å². The number of halogens is 1. The average molecular weight is 196 g/mol. The van der Waals surface area contributed by atoms with Crippen molar-refractivity contribution in [3.8, 4) is 0 Å². The van der Waals surface area contributed by atoms with Crippen molar-refractivity contribution in [1.29, 1.82) is 0 Å². The van der Waals surface area contributed by atoms with Crippen molar-refractivity contribution in [3.05, 3.63) is 29.3 Å². The molecule has 0 unspecified atom stereocenters. The summed E-state index contributed by atoms with van der Waals surface area (Å²) in [5, 5.41) is 3.26. The minimum Gasteiger partial charge on any atom is -0.385 e. The second kappa shape index (κ2) is 5.60. The number of anilines is 1. The molecule has 0 heterocycles. The Morgan fingerprint density at radius 1 is 1.43 bits per heavy atom. The molecule has 14 heavy (non-hydrogen) atoms. The first-order chi connectivity index (χ1) is 6.77. The van der Waals surface area contributed by atoms with E-state index in [-0.39, 0.29) is 0 Å². The summed E-state index contributed by atoms with van der Waals surface area (Å²) < 4.78 is 12.3. The summed E-state index contributed by atoms with van der Waals surface area (Å²) in [6, 6.07) is 5.59. The summed E-state index contributed by atoms with van der Waals surface area (Å²) in [6.45, 7) is 3.13. The van der Waals surface area contributed by atoms with Gasteiger partial charge in [0.25, 0.3) is 0 Å². The van der Waals surface area contributed by atoms with Crippen LogP contribution in [-0.2, 0) is 6.67 Å². The van der Waals surface area contributed by atoms with E-state index in [0.29, 0.717) is 6.54 Å². The molecule has 0 aliphatic heterocycles. The van der Waals surface area contributed by atoms with Crippen LogP contribution in [0.5, 0.6) is 0 Å². The van der Waals surface area contributed by atoms with Gasteiger partial charge in [0.1, 0.15) is 6.67 Å². The molecular weight excluding hydrogens is 179 g/mol. The Hall–Kier alpha value is -1.09. The fourth-order valence-electron chi connectivity index (χ4n) is 1.33. The summed E-state index contributed by atoms with van der Waals surface area (Å²) in [7, 11) is 0. The van der Waals surface area contributed by atoms with Crippen LogP contribution in [0.15, 0.2) is 18.2 Å². The predicted molar refractivity (Wildman–Crippen MR) is 58.2 cm³/mol. The zero-order chi connectivity index (χ0) is 10.4. The molecule has 2 nitrogen and oxygen atoms in total. The highest BCUT2D eigenvalue weighted by Gasteiger charge is 1.98. The minimum atomic E-state index is -0.399. The van der Waals surface area contributed by atoms with E-state index >= 15 is 0 Å². The lowest BCUT2D eigenvalue weighted by Crippen LogP contribution is -2.09. The maximum atomic E-state index is 12.3. The molecule has 0 bridgehead atoms. The molecule has 1 aromatic rings. The first-order valence-electron chi connectivity index (χ1n) is 4.87. The highest BCUT2D eigenvalue weighted by molar-refractivity contribution is 5.51. The smallest absolute Gasteiger partial charge is 0.115 e. The Morgan fingerprint density at radius 2 is 2.21 bits per heavy atom. The standard InChI is InChI=1S/C11H17FN2/c1-9-7-10(8-12)3-4-11(9)14-6-2-5-13/h3-4,7,14H,2,5-6,8,13H2,1H3. The van der Waals surface area contributed by atoms with E-state index in [1.165, 1.54) is 0 Å². The van der Waals surface area contributed by atoms with Crippen molar-refractivity contribution in [2.45, 2.75) is 20.0 Å². The van der Waals surface area contributed by atoms with Crippen LogP contribution in [0.25, 0.3) is 0 Å². The molecule has 0 amide bonds. The van der Waals surface area contributed by atoms with Crippen LogP contribution >= 0.6 is 0 Å². The van der Waals surface area contributed by atoms with Crippen LogP contribution in [0.2, 0.25) is 0 Å². The molecule has 3 N–H and O–H groups in total. The van der Waals surface area contributed by atoms with Crippen LogP contribution in [0, 0.1) is 6.92 Å². The van der Waals surface area contributed by atoms with Gasteiger partial charge in [-0.05, 0) is 37.1 Å². The number of hydrogen-bond donors (Lipinski definition) is 2. The molecule has 0 fully saturated rings. The third-order valence-electron chi connectivity index (χ3n) is 2.14. The Kier molecular flexibility index (Phi) is 4.40. The summed E-state index contributed by atoms with van der Waals surface area (Å²) in [5.74, 6) is 0. The van der Waals surface area contributed by atoms with E-state index in [1.807, 2.05) is 19.1 Å². The van der Waals surface area contributed by atoms with Gasteiger partial charge < -0.3 is 11.1 Å². The summed E-state index contributed by atoms with van der Waals surface area (Å²) in [5.41, 5.74) is 8.26. The predicted octanol–water partition coefficient (Wildman–Crippen LogP) is 2.23. The molecule has 0 aromatic heterocycles. The largest absolute Gasteiger partial charge is 0.385 e. The van der Waals surface area contributed by atoms with Crippen molar-refractivity contribution < 1.29 is 4.39 Å². The van der Waals surface area contributed by atoms with Crippen LogP contribution in [-0.4, -0.2) is 13.1 Å². The van der Waals surface area contributed by atoms with Gasteiger partial charge in [-0.2, -0.15) is 0 Å². The van der Waals surface area contributed by atoms with Crippen molar-refractivity contribution in [2.75, 3.05) is 18.4 Å². The molecule has 0 saturated carbocycles. The van der Waals surface area contributed by atoms with Gasteiger partial charge >= 0.3 is 0 Å². The third-order valence-corrected chi connectivity index (χ3v) is 2.14. The monoisotopic (exact) mass is 196 g/mol. The second-order valence-corrected chi connectivity index (χ2v) is 3.35. The lowest BCUT2D eigenvalue weighted by atomic mass is 10.1. The number of aryl methyl sites for hydroxylation is 1. The number of nitrogens with two attached hydrogens (primary N) is 1. The first kappa shape index (κ1) is 11.0. The first-order valence-corrected chi connectivity index (χ1v) is 4.87. The molecule has 0 atom stereocenters. The molecule has 0 spiro atoms. The van der Waals surface area contributed by atoms with Crippen LogP contribution in [0.4, 0.5) is 10.1 Å². The Bertz CT molecular complexity index is 287. The lowest BCUT2D eigenvalue weighted by molar-refractivity contribution is 0.485. The molecule has 3 heteroatoms. The molecular formula is C11H17FN2. The summed E-state index contributed by atoms with van der Waals surface area (Å²) in [4.78, 5) is 0. The van der Waals surface area contributed by atoms with Gasteiger partial charge in [0, 0.05) is 12.2 Å². The molecule has 1 rings (SSSR count). The molecule has 78 valence electrons. The van der Waals surface area contributed by atoms with E-state index in [1.54, 1.807) is 6.07 Å². The highest BCUT2D eigenvalue weighted by atomic mass is 19.1. The summed E-state index contributed by atoms with van der Waals surface area (Å²) in [6.07, 6.45) is 0.949. The average Bonchev–Trinajstić information content (AvgIpc) is 2.20. The maximum Gasteiger partial charge on any atom is 0.115 e. The van der Waals surface area contributed by atoms with Gasteiger partial charge in [0.05, 0.1) is 0 Å². The highest BCUT2D eigenvalue weighted by Crippen LogP contribution is 2.16. The summed E-state index contributed by atoms with van der Waals surface area (Å²) >= 11 is 0. The Labute approximate surface area is 84.3 Å². The number of alkyl halides is 1. The molecule has 0 aliphatic rings. The SMILES string of the molecule is Cc1cc(CF)ccc1NCCCN. The molecule has 0 radical (unpaired) electrons. The Morgan fingerprint density at radius 3 is 2.79 bits per heavy atom. The van der Waals surface area contributed by atoms with Gasteiger partial charge in [-0.1, -0.05) is 12.1 Å². The normalized spacial score (nSPS) is 10.2. The number of hydrogen-bond acceptors (Lipinski definition) is 2. The van der Waals surface area contributed by atoms with Gasteiger partial charge in [-0.15, -0.1) is 0 Å². The van der Waals surface area contributed by atoms with Crippen molar-refractivity contribution in [2.24, 2.45) is 5.73 Å². The number of nitrogens with one attached hydrogen (secondary N) is 1. The van der Waals surface area contributed by atoms with E-state index in [4.69, 9.17) is 5.73 Å². The van der Waals surface area contributed by atoms with E-state index in [0.717, 1.165) is 29.8 Å². The Balaban J connectivity index is 2.59. The van der Waals surface area contributed by atoms with Crippen LogP contribution < -0.4 is 11.1 Å². The van der Waals surface area contributed by atoms with Crippen molar-refractivity contribution in [3.63, 3.8) is 0 Å². The van der Waals surface area contributed by atoms with E-state index in [9.17, 15) is 4.39 Å². The number of rotatable bonds is 5. The zero-order valence-electron chi connectivity index (χ0n) is 8.52.